The van der Waals surface area contributed by atoms with Crippen LogP contribution < -0.4 is 10.6 Å². The Hall–Kier alpha value is -2.89. The maximum absolute atomic E-state index is 13.5. The number of amides is 2. The maximum atomic E-state index is 13.5. The van der Waals surface area contributed by atoms with Gasteiger partial charge in [-0.1, -0.05) is 24.3 Å². The fraction of sp³-hybridized carbons (Fsp3) is 0.250. The quantitative estimate of drug-likeness (QED) is 0.617. The molecule has 3 N–H and O–H groups in total. The zero-order chi connectivity index (χ0) is 18.5. The first-order valence-electron chi connectivity index (χ1n) is 8.57. The van der Waals surface area contributed by atoms with Crippen molar-refractivity contribution < 1.29 is 13.6 Å². The highest BCUT2D eigenvalue weighted by molar-refractivity contribution is 5.84. The number of para-hydroxylation sites is 1. The molecule has 0 bridgehead atoms. The second-order valence-corrected chi connectivity index (χ2v) is 6.16. The predicted octanol–water partition coefficient (Wildman–Crippen LogP) is 3.84. The lowest BCUT2D eigenvalue weighted by molar-refractivity contribution is 0.241. The first kappa shape index (κ1) is 17.9. The molecule has 136 valence electrons. The van der Waals surface area contributed by atoms with Crippen LogP contribution in [0.25, 0.3) is 10.9 Å². The molecule has 0 aliphatic heterocycles. The SMILES string of the molecule is Cc1[nH]c2ccccc2c1CCNC(=O)NCCc1c(F)cccc1F. The van der Waals surface area contributed by atoms with E-state index in [1.807, 2.05) is 25.1 Å². The number of rotatable bonds is 6. The van der Waals surface area contributed by atoms with E-state index in [2.05, 4.69) is 21.7 Å². The van der Waals surface area contributed by atoms with Gasteiger partial charge in [0.25, 0.3) is 0 Å². The summed E-state index contributed by atoms with van der Waals surface area (Å²) in [4.78, 5) is 15.2. The Bertz CT molecular complexity index is 900. The highest BCUT2D eigenvalue weighted by Gasteiger charge is 2.10. The van der Waals surface area contributed by atoms with Crippen LogP contribution in [-0.2, 0) is 12.8 Å². The van der Waals surface area contributed by atoms with Gasteiger partial charge >= 0.3 is 6.03 Å². The number of halogens is 2. The van der Waals surface area contributed by atoms with Crippen LogP contribution in [0.4, 0.5) is 13.6 Å². The van der Waals surface area contributed by atoms with Gasteiger partial charge in [-0.3, -0.25) is 0 Å². The minimum absolute atomic E-state index is 0.0118. The van der Waals surface area contributed by atoms with Crippen molar-refractivity contribution in [2.45, 2.75) is 19.8 Å². The summed E-state index contributed by atoms with van der Waals surface area (Å²) < 4.78 is 27.1. The summed E-state index contributed by atoms with van der Waals surface area (Å²) in [7, 11) is 0. The smallest absolute Gasteiger partial charge is 0.314 e. The van der Waals surface area contributed by atoms with Gasteiger partial charge in [-0.2, -0.15) is 0 Å². The summed E-state index contributed by atoms with van der Waals surface area (Å²) in [5.74, 6) is -1.19. The van der Waals surface area contributed by atoms with E-state index in [4.69, 9.17) is 0 Å². The van der Waals surface area contributed by atoms with Gasteiger partial charge in [0, 0.05) is 35.2 Å². The minimum Gasteiger partial charge on any atom is -0.358 e. The molecule has 0 aliphatic carbocycles. The van der Waals surface area contributed by atoms with E-state index in [-0.39, 0.29) is 24.6 Å². The van der Waals surface area contributed by atoms with E-state index in [9.17, 15) is 13.6 Å². The summed E-state index contributed by atoms with van der Waals surface area (Å²) in [5.41, 5.74) is 3.33. The number of aryl methyl sites for hydroxylation is 1. The van der Waals surface area contributed by atoms with Crippen LogP contribution in [0.1, 0.15) is 16.8 Å². The van der Waals surface area contributed by atoms with Crippen molar-refractivity contribution in [3.8, 4) is 0 Å². The molecule has 0 aliphatic rings. The molecule has 4 nitrogen and oxygen atoms in total. The first-order chi connectivity index (χ1) is 12.6. The lowest BCUT2D eigenvalue weighted by Crippen LogP contribution is -2.37. The molecular formula is C20H21F2N3O. The molecule has 0 unspecified atom stereocenters. The second kappa shape index (κ2) is 7.99. The van der Waals surface area contributed by atoms with E-state index < -0.39 is 11.6 Å². The molecule has 26 heavy (non-hydrogen) atoms. The number of fused-ring (bicyclic) bond motifs is 1. The molecule has 3 rings (SSSR count). The zero-order valence-corrected chi connectivity index (χ0v) is 14.5. The molecule has 2 aromatic carbocycles. The molecule has 0 saturated heterocycles. The van der Waals surface area contributed by atoms with Crippen molar-refractivity contribution in [3.05, 3.63) is 70.9 Å². The lowest BCUT2D eigenvalue weighted by atomic mass is 10.1. The normalized spacial score (nSPS) is 10.9. The fourth-order valence-electron chi connectivity index (χ4n) is 3.09. The van der Waals surface area contributed by atoms with Crippen LogP contribution in [0, 0.1) is 18.6 Å². The van der Waals surface area contributed by atoms with Gasteiger partial charge in [-0.25, -0.2) is 13.6 Å². The molecule has 3 aromatic rings. The van der Waals surface area contributed by atoms with E-state index in [1.165, 1.54) is 23.8 Å². The Morgan fingerprint density at radius 3 is 2.23 bits per heavy atom. The van der Waals surface area contributed by atoms with Gasteiger partial charge in [0.2, 0.25) is 0 Å². The fourth-order valence-corrected chi connectivity index (χ4v) is 3.09. The second-order valence-electron chi connectivity index (χ2n) is 6.16. The summed E-state index contributed by atoms with van der Waals surface area (Å²) in [5, 5.41) is 6.56. The Labute approximate surface area is 150 Å². The van der Waals surface area contributed by atoms with Gasteiger partial charge in [0.1, 0.15) is 11.6 Å². The first-order valence-corrected chi connectivity index (χ1v) is 8.57. The summed E-state index contributed by atoms with van der Waals surface area (Å²) >= 11 is 0. The molecule has 1 aromatic heterocycles. The zero-order valence-electron chi connectivity index (χ0n) is 14.5. The van der Waals surface area contributed by atoms with Crippen LogP contribution in [0.2, 0.25) is 0 Å². The minimum atomic E-state index is -0.595. The standard InChI is InChI=1S/C20H21F2N3O/c1-13-14(15-5-2-3-8-19(15)25-13)9-11-23-20(26)24-12-10-16-17(21)6-4-7-18(16)22/h2-8,25H,9-12H2,1H3,(H2,23,24,26). The molecular weight excluding hydrogens is 336 g/mol. The molecule has 1 heterocycles. The van der Waals surface area contributed by atoms with Crippen LogP contribution in [-0.4, -0.2) is 24.1 Å². The van der Waals surface area contributed by atoms with Gasteiger partial charge in [-0.15, -0.1) is 0 Å². The number of benzene rings is 2. The Kier molecular flexibility index (Phi) is 5.51. The summed E-state index contributed by atoms with van der Waals surface area (Å²) in [6, 6.07) is 11.4. The molecule has 6 heteroatoms. The third kappa shape index (κ3) is 4.02. The van der Waals surface area contributed by atoms with Crippen LogP contribution >= 0.6 is 0 Å². The van der Waals surface area contributed by atoms with Gasteiger partial charge < -0.3 is 15.6 Å². The number of hydrogen-bond acceptors (Lipinski definition) is 1. The highest BCUT2D eigenvalue weighted by atomic mass is 19.1. The number of aromatic amines is 1. The summed E-state index contributed by atoms with van der Waals surface area (Å²) in [6.45, 7) is 2.65. The largest absolute Gasteiger partial charge is 0.358 e. The third-order valence-corrected chi connectivity index (χ3v) is 4.41. The van der Waals surface area contributed by atoms with E-state index >= 15 is 0 Å². The van der Waals surface area contributed by atoms with E-state index in [0.29, 0.717) is 13.0 Å². The van der Waals surface area contributed by atoms with Crippen LogP contribution in [0.15, 0.2) is 42.5 Å². The Morgan fingerprint density at radius 1 is 0.923 bits per heavy atom. The number of carbonyl (C=O) groups is 1. The monoisotopic (exact) mass is 357 g/mol. The van der Waals surface area contributed by atoms with Crippen molar-refractivity contribution in [2.75, 3.05) is 13.1 Å². The molecule has 0 atom stereocenters. The van der Waals surface area contributed by atoms with Crippen LogP contribution in [0.3, 0.4) is 0 Å². The number of carbonyl (C=O) groups excluding carboxylic acids is 1. The number of aromatic nitrogens is 1. The van der Waals surface area contributed by atoms with Crippen molar-refractivity contribution in [3.63, 3.8) is 0 Å². The third-order valence-electron chi connectivity index (χ3n) is 4.41. The molecule has 0 radical (unpaired) electrons. The maximum Gasteiger partial charge on any atom is 0.314 e. The summed E-state index contributed by atoms with van der Waals surface area (Å²) in [6.07, 6.45) is 0.804. The Balaban J connectivity index is 1.46. The average molecular weight is 357 g/mol. The lowest BCUT2D eigenvalue weighted by Gasteiger charge is -2.09. The number of urea groups is 1. The van der Waals surface area contributed by atoms with Gasteiger partial charge in [0.05, 0.1) is 0 Å². The van der Waals surface area contributed by atoms with E-state index in [0.717, 1.165) is 16.6 Å². The molecule has 0 spiro atoms. The van der Waals surface area contributed by atoms with Gasteiger partial charge in [0.15, 0.2) is 0 Å². The number of nitrogens with one attached hydrogen (secondary N) is 3. The topological polar surface area (TPSA) is 56.9 Å². The number of H-pyrrole nitrogens is 1. The highest BCUT2D eigenvalue weighted by Crippen LogP contribution is 2.21. The molecule has 0 fully saturated rings. The van der Waals surface area contributed by atoms with Crippen LogP contribution in [0.5, 0.6) is 0 Å². The average Bonchev–Trinajstić information content (AvgIpc) is 2.93. The molecule has 0 saturated carbocycles. The van der Waals surface area contributed by atoms with Crippen molar-refractivity contribution in [1.29, 1.82) is 0 Å². The molecule has 2 amide bonds. The van der Waals surface area contributed by atoms with Crippen molar-refractivity contribution >= 4 is 16.9 Å². The van der Waals surface area contributed by atoms with E-state index in [1.54, 1.807) is 0 Å². The van der Waals surface area contributed by atoms with Crippen molar-refractivity contribution in [1.82, 2.24) is 15.6 Å². The van der Waals surface area contributed by atoms with Crippen molar-refractivity contribution in [2.24, 2.45) is 0 Å². The predicted molar refractivity (Wildman–Crippen MR) is 98.2 cm³/mol. The van der Waals surface area contributed by atoms with Gasteiger partial charge in [-0.05, 0) is 43.5 Å². The Morgan fingerprint density at radius 2 is 1.54 bits per heavy atom. The number of hydrogen-bond donors (Lipinski definition) is 3.